The van der Waals surface area contributed by atoms with Gasteiger partial charge in [0, 0.05) is 24.9 Å². The van der Waals surface area contributed by atoms with Crippen molar-refractivity contribution in [1.82, 2.24) is 14.9 Å². The number of carbonyl (C=O) groups excluding carboxylic acids is 2. The minimum Gasteiger partial charge on any atom is -0.367 e. The number of aromatic nitrogens is 2. The highest BCUT2D eigenvalue weighted by Crippen LogP contribution is 2.38. The van der Waals surface area contributed by atoms with Gasteiger partial charge in [-0.25, -0.2) is 0 Å². The molecule has 6 nitrogen and oxygen atoms in total. The maximum Gasteiger partial charge on any atom is 0.249 e. The van der Waals surface area contributed by atoms with E-state index in [-0.39, 0.29) is 11.8 Å². The Labute approximate surface area is 112 Å². The molecule has 0 aromatic carbocycles. The van der Waals surface area contributed by atoms with E-state index in [1.807, 2.05) is 13.8 Å². The van der Waals surface area contributed by atoms with Gasteiger partial charge < -0.3 is 10.6 Å². The molecule has 0 bridgehead atoms. The highest BCUT2D eigenvalue weighted by atomic mass is 16.2. The van der Waals surface area contributed by atoms with Crippen molar-refractivity contribution < 1.29 is 9.59 Å². The second kappa shape index (κ2) is 4.95. The topological polar surface area (TPSA) is 89.2 Å². The maximum absolute atomic E-state index is 12.3. The average molecular weight is 262 g/mol. The van der Waals surface area contributed by atoms with Crippen LogP contribution < -0.4 is 5.73 Å². The fourth-order valence-electron chi connectivity index (χ4n) is 2.59. The van der Waals surface area contributed by atoms with Gasteiger partial charge in [-0.2, -0.15) is 0 Å². The van der Waals surface area contributed by atoms with Crippen LogP contribution in [0, 0.1) is 5.92 Å². The van der Waals surface area contributed by atoms with Crippen molar-refractivity contribution in [3.8, 4) is 0 Å². The van der Waals surface area contributed by atoms with Gasteiger partial charge in [-0.1, -0.05) is 13.8 Å². The molecule has 0 saturated carbocycles. The standard InChI is InChI=1S/C13H18N4O2/c1-9(2)11(18)17-7-3-4-13(17,12(14)19)10-8-15-5-6-16-10/h5-6,8-9H,3-4,7H2,1-2H3,(H2,14,19)/t13-/m1/s1. The first-order valence-corrected chi connectivity index (χ1v) is 6.38. The summed E-state index contributed by atoms with van der Waals surface area (Å²) in [6, 6.07) is 0. The van der Waals surface area contributed by atoms with E-state index in [1.54, 1.807) is 4.90 Å². The molecule has 1 aromatic rings. The zero-order valence-electron chi connectivity index (χ0n) is 11.2. The Hall–Kier alpha value is -1.98. The molecule has 0 aliphatic carbocycles. The number of amides is 2. The highest BCUT2D eigenvalue weighted by Gasteiger charge is 2.51. The SMILES string of the molecule is CC(C)C(=O)N1CCC[C@]1(C(N)=O)c1cnccn1. The molecule has 1 fully saturated rings. The number of hydrogen-bond donors (Lipinski definition) is 1. The van der Waals surface area contributed by atoms with Gasteiger partial charge in [-0.15, -0.1) is 0 Å². The number of carbonyl (C=O) groups is 2. The van der Waals surface area contributed by atoms with Gasteiger partial charge in [-0.05, 0) is 12.8 Å². The van der Waals surface area contributed by atoms with Crippen molar-refractivity contribution in [2.24, 2.45) is 11.7 Å². The first-order valence-electron chi connectivity index (χ1n) is 6.38. The van der Waals surface area contributed by atoms with Gasteiger partial charge in [0.25, 0.3) is 0 Å². The van der Waals surface area contributed by atoms with E-state index in [4.69, 9.17) is 5.73 Å². The molecule has 19 heavy (non-hydrogen) atoms. The molecular weight excluding hydrogens is 244 g/mol. The fraction of sp³-hybridized carbons (Fsp3) is 0.538. The molecule has 1 atom stereocenters. The third kappa shape index (κ3) is 2.07. The van der Waals surface area contributed by atoms with Crippen molar-refractivity contribution in [1.29, 1.82) is 0 Å². The van der Waals surface area contributed by atoms with Crippen molar-refractivity contribution in [3.63, 3.8) is 0 Å². The zero-order chi connectivity index (χ0) is 14.0. The Morgan fingerprint density at radius 1 is 1.42 bits per heavy atom. The lowest BCUT2D eigenvalue weighted by Gasteiger charge is -2.36. The van der Waals surface area contributed by atoms with Gasteiger partial charge in [-0.3, -0.25) is 19.6 Å². The molecule has 2 rings (SSSR count). The van der Waals surface area contributed by atoms with Gasteiger partial charge in [0.15, 0.2) is 5.54 Å². The molecular formula is C13H18N4O2. The van der Waals surface area contributed by atoms with E-state index < -0.39 is 11.4 Å². The second-order valence-electron chi connectivity index (χ2n) is 5.06. The lowest BCUT2D eigenvalue weighted by Crippen LogP contribution is -2.55. The lowest BCUT2D eigenvalue weighted by atomic mass is 9.90. The molecule has 1 aliphatic rings. The van der Waals surface area contributed by atoms with Crippen molar-refractivity contribution in [3.05, 3.63) is 24.3 Å². The molecule has 0 unspecified atom stereocenters. The minimum atomic E-state index is -1.14. The molecule has 1 aliphatic heterocycles. The maximum atomic E-state index is 12.3. The van der Waals surface area contributed by atoms with Crippen LogP contribution in [-0.2, 0) is 15.1 Å². The molecule has 1 aromatic heterocycles. The van der Waals surface area contributed by atoms with E-state index in [0.717, 1.165) is 6.42 Å². The summed E-state index contributed by atoms with van der Waals surface area (Å²) >= 11 is 0. The molecule has 0 spiro atoms. The van der Waals surface area contributed by atoms with Crippen LogP contribution in [0.4, 0.5) is 0 Å². The Bertz CT molecular complexity index is 489. The number of nitrogens with zero attached hydrogens (tertiary/aromatic N) is 3. The number of rotatable bonds is 3. The third-order valence-electron chi connectivity index (χ3n) is 3.54. The summed E-state index contributed by atoms with van der Waals surface area (Å²) in [7, 11) is 0. The first-order chi connectivity index (χ1) is 9.00. The second-order valence-corrected chi connectivity index (χ2v) is 5.06. The largest absolute Gasteiger partial charge is 0.367 e. The monoisotopic (exact) mass is 262 g/mol. The number of hydrogen-bond acceptors (Lipinski definition) is 4. The normalized spacial score (nSPS) is 22.8. The summed E-state index contributed by atoms with van der Waals surface area (Å²) in [6.45, 7) is 4.14. The van der Waals surface area contributed by atoms with Crippen LogP contribution in [0.3, 0.4) is 0 Å². The predicted molar refractivity (Wildman–Crippen MR) is 68.7 cm³/mol. The Morgan fingerprint density at radius 2 is 2.16 bits per heavy atom. The summed E-state index contributed by atoms with van der Waals surface area (Å²) in [6.07, 6.45) is 5.78. The number of nitrogens with two attached hydrogens (primary N) is 1. The summed E-state index contributed by atoms with van der Waals surface area (Å²) in [5.41, 5.74) is 4.90. The average Bonchev–Trinajstić information content (AvgIpc) is 2.84. The van der Waals surface area contributed by atoms with Gasteiger partial charge in [0.1, 0.15) is 0 Å². The van der Waals surface area contributed by atoms with Crippen LogP contribution in [-0.4, -0.2) is 33.2 Å². The highest BCUT2D eigenvalue weighted by molar-refractivity contribution is 5.92. The van der Waals surface area contributed by atoms with Crippen LogP contribution >= 0.6 is 0 Å². The molecule has 2 N–H and O–H groups in total. The van der Waals surface area contributed by atoms with Gasteiger partial charge in [0.05, 0.1) is 11.9 Å². The summed E-state index contributed by atoms with van der Waals surface area (Å²) < 4.78 is 0. The van der Waals surface area contributed by atoms with Crippen molar-refractivity contribution in [2.75, 3.05) is 6.54 Å². The van der Waals surface area contributed by atoms with Crippen LogP contribution in [0.25, 0.3) is 0 Å². The van der Waals surface area contributed by atoms with Crippen molar-refractivity contribution >= 4 is 11.8 Å². The van der Waals surface area contributed by atoms with Crippen LogP contribution in [0.2, 0.25) is 0 Å². The van der Waals surface area contributed by atoms with E-state index in [2.05, 4.69) is 9.97 Å². The smallest absolute Gasteiger partial charge is 0.249 e. The lowest BCUT2D eigenvalue weighted by molar-refractivity contribution is -0.146. The Balaban J connectivity index is 2.50. The quantitative estimate of drug-likeness (QED) is 0.855. The van der Waals surface area contributed by atoms with E-state index in [9.17, 15) is 9.59 Å². The van der Waals surface area contributed by atoms with E-state index in [1.165, 1.54) is 18.6 Å². The number of likely N-dealkylation sites (tertiary alicyclic amines) is 1. The van der Waals surface area contributed by atoms with Crippen LogP contribution in [0.5, 0.6) is 0 Å². The van der Waals surface area contributed by atoms with Gasteiger partial charge in [0.2, 0.25) is 11.8 Å². The molecule has 2 amide bonds. The summed E-state index contributed by atoms with van der Waals surface area (Å²) in [5, 5.41) is 0. The van der Waals surface area contributed by atoms with Crippen LogP contribution in [0.15, 0.2) is 18.6 Å². The summed E-state index contributed by atoms with van der Waals surface area (Å²) in [5.74, 6) is -0.810. The Kier molecular flexibility index (Phi) is 3.50. The summed E-state index contributed by atoms with van der Waals surface area (Å²) in [4.78, 5) is 34.1. The fourth-order valence-corrected chi connectivity index (χ4v) is 2.59. The molecule has 0 radical (unpaired) electrons. The van der Waals surface area contributed by atoms with Crippen molar-refractivity contribution in [2.45, 2.75) is 32.2 Å². The van der Waals surface area contributed by atoms with Gasteiger partial charge >= 0.3 is 0 Å². The zero-order valence-corrected chi connectivity index (χ0v) is 11.2. The molecule has 2 heterocycles. The Morgan fingerprint density at radius 3 is 2.68 bits per heavy atom. The predicted octanol–water partition coefficient (Wildman–Crippen LogP) is 0.436. The van der Waals surface area contributed by atoms with E-state index >= 15 is 0 Å². The molecule has 1 saturated heterocycles. The third-order valence-corrected chi connectivity index (χ3v) is 3.54. The van der Waals surface area contributed by atoms with Crippen LogP contribution in [0.1, 0.15) is 32.4 Å². The number of primary amides is 1. The molecule has 6 heteroatoms. The minimum absolute atomic E-state index is 0.0815. The first kappa shape index (κ1) is 13.5. The molecule has 102 valence electrons. The van der Waals surface area contributed by atoms with E-state index in [0.29, 0.717) is 18.7 Å².